The fourth-order valence-electron chi connectivity index (χ4n) is 6.72. The molecule has 0 aliphatic heterocycles. The largest absolute Gasteiger partial charge is 0.480 e. The first kappa shape index (κ1) is 49.9. The first-order valence-electron chi connectivity index (χ1n) is 21.3. The van der Waals surface area contributed by atoms with Crippen LogP contribution < -0.4 is 32.7 Å². The van der Waals surface area contributed by atoms with E-state index < -0.39 is 66.1 Å². The third-order valence-electron chi connectivity index (χ3n) is 10.1. The summed E-state index contributed by atoms with van der Waals surface area (Å²) in [6.45, 7) is 4.11. The van der Waals surface area contributed by atoms with Crippen LogP contribution in [0.25, 0.3) is 0 Å². The summed E-state index contributed by atoms with van der Waals surface area (Å²) in [6.07, 6.45) is 13.4. The maximum atomic E-state index is 13.2. The number of primary amides is 2. The van der Waals surface area contributed by atoms with Gasteiger partial charge in [-0.2, -0.15) is 0 Å². The second-order valence-corrected chi connectivity index (χ2v) is 15.9. The van der Waals surface area contributed by atoms with Crippen molar-refractivity contribution in [3.63, 3.8) is 0 Å². The van der Waals surface area contributed by atoms with Gasteiger partial charge < -0.3 is 37.8 Å². The van der Waals surface area contributed by atoms with Crippen LogP contribution in [0.3, 0.4) is 0 Å². The summed E-state index contributed by atoms with van der Waals surface area (Å²) >= 11 is 0. The predicted octanol–water partition coefficient (Wildman–Crippen LogP) is 4.75. The third kappa shape index (κ3) is 23.0. The van der Waals surface area contributed by atoms with E-state index in [1.165, 1.54) is 0 Å². The Balaban J connectivity index is 1.57. The highest BCUT2D eigenvalue weighted by atomic mass is 16.4. The zero-order chi connectivity index (χ0) is 43.4. The molecule has 0 bridgehead atoms. The molecule has 0 radical (unpaired) electrons. The lowest BCUT2D eigenvalue weighted by molar-refractivity contribution is -0.142. The molecule has 0 fully saturated rings. The standard InChI is InChI=1S/C45H68N6O8/c1-32(2)27-28-35(43(56)50-36(42(47)55)29-33-21-15-13-16-22-33)48-40(53)25-19-11-9-7-5-3-4-6-8-10-12-20-26-41(54)49-37(31-39(46)52)44(57)51-38(45(58)59)30-34-23-17-14-18-24-34/h13-18,21-24,32,35-38H,3-12,19-20,25-31H2,1-2H3,(H2,46,52)(H2,47,55)(H,48,53)(H,49,54)(H,50,56)(H,51,57)(H,58,59)/t35-,36-,37-,38-/m0/s1. The van der Waals surface area contributed by atoms with E-state index in [-0.39, 0.29) is 25.2 Å². The van der Waals surface area contributed by atoms with Crippen molar-refractivity contribution >= 4 is 41.4 Å². The van der Waals surface area contributed by atoms with Gasteiger partial charge in [0, 0.05) is 25.7 Å². The van der Waals surface area contributed by atoms with E-state index in [2.05, 4.69) is 35.1 Å². The highest BCUT2D eigenvalue weighted by molar-refractivity contribution is 5.94. The minimum Gasteiger partial charge on any atom is -0.480 e. The number of hydrogen-bond acceptors (Lipinski definition) is 7. The summed E-state index contributed by atoms with van der Waals surface area (Å²) in [5.74, 6) is -4.04. The van der Waals surface area contributed by atoms with E-state index in [4.69, 9.17) is 11.5 Å². The number of carbonyl (C=O) groups excluding carboxylic acids is 6. The Hall–Kier alpha value is -5.27. The Morgan fingerprint density at radius 3 is 1.31 bits per heavy atom. The molecule has 0 saturated carbocycles. The molecule has 2 aromatic carbocycles. The Morgan fingerprint density at radius 1 is 0.508 bits per heavy atom. The van der Waals surface area contributed by atoms with Crippen molar-refractivity contribution in [3.8, 4) is 0 Å². The van der Waals surface area contributed by atoms with Gasteiger partial charge in [0.1, 0.15) is 24.2 Å². The van der Waals surface area contributed by atoms with Gasteiger partial charge >= 0.3 is 5.97 Å². The zero-order valence-corrected chi connectivity index (χ0v) is 35.1. The van der Waals surface area contributed by atoms with Crippen LogP contribution in [0.1, 0.15) is 134 Å². The minimum absolute atomic E-state index is 0.0469. The highest BCUT2D eigenvalue weighted by Gasteiger charge is 2.28. The van der Waals surface area contributed by atoms with Gasteiger partial charge in [0.05, 0.1) is 6.42 Å². The van der Waals surface area contributed by atoms with Crippen molar-refractivity contribution in [1.82, 2.24) is 21.3 Å². The molecule has 0 aliphatic carbocycles. The van der Waals surface area contributed by atoms with E-state index in [0.29, 0.717) is 30.7 Å². The lowest BCUT2D eigenvalue weighted by Crippen LogP contribution is -2.53. The van der Waals surface area contributed by atoms with Gasteiger partial charge in [0.2, 0.25) is 35.4 Å². The SMILES string of the molecule is CC(C)CC[C@H](NC(=O)CCCCCCCCCCCCCCC(=O)N[C@@H](CC(N)=O)C(=O)N[C@@H](Cc1ccccc1)C(=O)O)C(=O)N[C@@H](Cc1ccccc1)C(N)=O. The van der Waals surface area contributed by atoms with Crippen LogP contribution in [-0.4, -0.2) is 70.7 Å². The van der Waals surface area contributed by atoms with Crippen LogP contribution in [-0.2, 0) is 46.4 Å². The topological polar surface area (TPSA) is 240 Å². The second-order valence-electron chi connectivity index (χ2n) is 15.9. The number of hydrogen-bond donors (Lipinski definition) is 7. The third-order valence-corrected chi connectivity index (χ3v) is 10.1. The molecule has 6 amide bonds. The Kier molecular flexibility index (Phi) is 24.5. The summed E-state index contributed by atoms with van der Waals surface area (Å²) in [4.78, 5) is 86.9. The number of aliphatic carboxylic acids is 1. The summed E-state index contributed by atoms with van der Waals surface area (Å²) in [7, 11) is 0. The fourth-order valence-corrected chi connectivity index (χ4v) is 6.72. The van der Waals surface area contributed by atoms with E-state index in [0.717, 1.165) is 82.6 Å². The molecule has 0 spiro atoms. The van der Waals surface area contributed by atoms with Crippen LogP contribution in [0, 0.1) is 5.92 Å². The molecule has 2 rings (SSSR count). The number of nitrogens with two attached hydrogens (primary N) is 2. The van der Waals surface area contributed by atoms with Crippen molar-refractivity contribution in [3.05, 3.63) is 71.8 Å². The molecule has 14 nitrogen and oxygen atoms in total. The van der Waals surface area contributed by atoms with Gasteiger partial charge in [-0.05, 0) is 42.7 Å². The smallest absolute Gasteiger partial charge is 0.326 e. The maximum Gasteiger partial charge on any atom is 0.326 e. The number of rotatable bonds is 32. The summed E-state index contributed by atoms with van der Waals surface area (Å²) in [6, 6.07) is 14.1. The average Bonchev–Trinajstić information content (AvgIpc) is 3.19. The Labute approximate surface area is 349 Å². The molecule has 14 heteroatoms. The van der Waals surface area contributed by atoms with Gasteiger partial charge in [-0.25, -0.2) is 4.79 Å². The van der Waals surface area contributed by atoms with E-state index >= 15 is 0 Å². The molecular weight excluding hydrogens is 753 g/mol. The lowest BCUT2D eigenvalue weighted by atomic mass is 10.0. The molecule has 9 N–H and O–H groups in total. The van der Waals surface area contributed by atoms with Crippen LogP contribution in [0.15, 0.2) is 60.7 Å². The first-order chi connectivity index (χ1) is 28.2. The summed E-state index contributed by atoms with van der Waals surface area (Å²) in [5, 5.41) is 20.2. The zero-order valence-electron chi connectivity index (χ0n) is 35.1. The van der Waals surface area contributed by atoms with Crippen molar-refractivity contribution < 1.29 is 38.7 Å². The Morgan fingerprint density at radius 2 is 0.898 bits per heavy atom. The summed E-state index contributed by atoms with van der Waals surface area (Å²) in [5.41, 5.74) is 12.5. The van der Waals surface area contributed by atoms with Crippen molar-refractivity contribution in [2.75, 3.05) is 0 Å². The number of carbonyl (C=O) groups is 7. The fraction of sp³-hybridized carbons (Fsp3) is 0.578. The van der Waals surface area contributed by atoms with E-state index in [9.17, 15) is 38.7 Å². The number of carboxylic acid groups (broad SMARTS) is 1. The van der Waals surface area contributed by atoms with Crippen LogP contribution in [0.4, 0.5) is 0 Å². The van der Waals surface area contributed by atoms with E-state index in [1.807, 2.05) is 30.3 Å². The molecule has 0 aromatic heterocycles. The number of benzene rings is 2. The van der Waals surface area contributed by atoms with Crippen LogP contribution in [0.5, 0.6) is 0 Å². The van der Waals surface area contributed by atoms with Crippen molar-refractivity contribution in [2.24, 2.45) is 17.4 Å². The average molecular weight is 821 g/mol. The molecule has 4 atom stereocenters. The van der Waals surface area contributed by atoms with Gasteiger partial charge in [0.15, 0.2) is 0 Å². The monoisotopic (exact) mass is 821 g/mol. The lowest BCUT2D eigenvalue weighted by Gasteiger charge is -2.23. The van der Waals surface area contributed by atoms with Gasteiger partial charge in [-0.15, -0.1) is 0 Å². The molecule has 326 valence electrons. The molecule has 0 saturated heterocycles. The second kappa shape index (κ2) is 29.0. The van der Waals surface area contributed by atoms with Gasteiger partial charge in [0.25, 0.3) is 0 Å². The van der Waals surface area contributed by atoms with Gasteiger partial charge in [-0.3, -0.25) is 28.8 Å². The molecular formula is C45H68N6O8. The van der Waals surface area contributed by atoms with Crippen molar-refractivity contribution in [2.45, 2.75) is 160 Å². The normalized spacial score (nSPS) is 13.1. The molecule has 0 unspecified atom stereocenters. The predicted molar refractivity (Wildman–Crippen MR) is 227 cm³/mol. The number of unbranched alkanes of at least 4 members (excludes halogenated alkanes) is 11. The van der Waals surface area contributed by atoms with Crippen LogP contribution in [0.2, 0.25) is 0 Å². The number of amides is 6. The van der Waals surface area contributed by atoms with Crippen molar-refractivity contribution in [1.29, 1.82) is 0 Å². The molecule has 0 aliphatic rings. The number of nitrogens with one attached hydrogen (secondary N) is 4. The molecule has 59 heavy (non-hydrogen) atoms. The summed E-state index contributed by atoms with van der Waals surface area (Å²) < 4.78 is 0. The maximum absolute atomic E-state index is 13.2. The quantitative estimate of drug-likeness (QED) is 0.0507. The minimum atomic E-state index is -1.26. The first-order valence-corrected chi connectivity index (χ1v) is 21.3. The van der Waals surface area contributed by atoms with E-state index in [1.54, 1.807) is 30.3 Å². The Bertz CT molecular complexity index is 1590. The van der Waals surface area contributed by atoms with Crippen LogP contribution >= 0.6 is 0 Å². The molecule has 2 aromatic rings. The number of carboxylic acids is 1. The molecule has 0 heterocycles. The highest BCUT2D eigenvalue weighted by Crippen LogP contribution is 2.14. The van der Waals surface area contributed by atoms with Gasteiger partial charge in [-0.1, -0.05) is 139 Å².